The number of rotatable bonds is 4. The summed E-state index contributed by atoms with van der Waals surface area (Å²) in [5.41, 5.74) is 1.23. The van der Waals surface area contributed by atoms with Crippen molar-refractivity contribution in [1.82, 2.24) is 20.3 Å². The van der Waals surface area contributed by atoms with Gasteiger partial charge in [-0.15, -0.1) is 10.2 Å². The Kier molecular flexibility index (Phi) is 4.19. The van der Waals surface area contributed by atoms with Crippen LogP contribution >= 0.6 is 0 Å². The van der Waals surface area contributed by atoms with Crippen LogP contribution in [0.5, 0.6) is 0 Å². The van der Waals surface area contributed by atoms with Crippen molar-refractivity contribution in [3.63, 3.8) is 0 Å². The first-order valence-corrected chi connectivity index (χ1v) is 7.86. The van der Waals surface area contributed by atoms with Gasteiger partial charge < -0.3 is 8.94 Å². The molecule has 0 spiro atoms. The molecular weight excluding hydrogens is 361 g/mol. The highest BCUT2D eigenvalue weighted by Crippen LogP contribution is 2.22. The molecule has 0 atom stereocenters. The van der Waals surface area contributed by atoms with Crippen LogP contribution in [0.4, 0.5) is 13.2 Å². The molecule has 0 aliphatic carbocycles. The molecule has 0 aliphatic heterocycles. The molecule has 4 aromatic rings. The van der Waals surface area contributed by atoms with Crippen LogP contribution in [-0.2, 0) is 6.42 Å². The van der Waals surface area contributed by atoms with E-state index in [1.54, 1.807) is 19.1 Å². The standard InChI is InChI=1S/C18H11F3N4O2/c1-9-2-3-11(7-13(9)20)18-24-23-16(26-18)8-15-22-17(25-27-15)10-4-5-12(19)14(21)6-10/h2-7H,8H2,1H3. The molecular formula is C18H11F3N4O2. The third-order valence-corrected chi connectivity index (χ3v) is 3.83. The molecule has 2 aromatic carbocycles. The molecule has 0 saturated carbocycles. The quantitative estimate of drug-likeness (QED) is 0.537. The van der Waals surface area contributed by atoms with Gasteiger partial charge in [-0.2, -0.15) is 4.98 Å². The molecule has 2 aromatic heterocycles. The van der Waals surface area contributed by atoms with E-state index in [0.717, 1.165) is 12.1 Å². The second-order valence-electron chi connectivity index (χ2n) is 5.78. The van der Waals surface area contributed by atoms with Gasteiger partial charge in [0.1, 0.15) is 12.2 Å². The summed E-state index contributed by atoms with van der Waals surface area (Å²) in [4.78, 5) is 4.10. The predicted molar refractivity (Wildman–Crippen MR) is 86.9 cm³/mol. The molecule has 6 nitrogen and oxygen atoms in total. The fourth-order valence-electron chi connectivity index (χ4n) is 2.38. The average Bonchev–Trinajstić information content (AvgIpc) is 3.30. The van der Waals surface area contributed by atoms with Crippen molar-refractivity contribution in [2.75, 3.05) is 0 Å². The molecule has 0 bridgehead atoms. The second kappa shape index (κ2) is 6.67. The minimum absolute atomic E-state index is 0.0397. The monoisotopic (exact) mass is 372 g/mol. The van der Waals surface area contributed by atoms with Crippen LogP contribution in [-0.4, -0.2) is 20.3 Å². The van der Waals surface area contributed by atoms with Crippen LogP contribution in [0.15, 0.2) is 45.3 Å². The fraction of sp³-hybridized carbons (Fsp3) is 0.111. The number of nitrogens with zero attached hydrogens (tertiary/aromatic N) is 4. The van der Waals surface area contributed by atoms with E-state index < -0.39 is 11.6 Å². The lowest BCUT2D eigenvalue weighted by molar-refractivity contribution is 0.374. The lowest BCUT2D eigenvalue weighted by atomic mass is 10.1. The van der Waals surface area contributed by atoms with Crippen molar-refractivity contribution < 1.29 is 22.1 Å². The summed E-state index contributed by atoms with van der Waals surface area (Å²) in [7, 11) is 0. The zero-order valence-electron chi connectivity index (χ0n) is 13.9. The molecule has 2 heterocycles. The highest BCUT2D eigenvalue weighted by atomic mass is 19.2. The Morgan fingerprint density at radius 2 is 1.63 bits per heavy atom. The second-order valence-corrected chi connectivity index (χ2v) is 5.78. The zero-order valence-corrected chi connectivity index (χ0v) is 13.9. The maximum Gasteiger partial charge on any atom is 0.247 e. The van der Waals surface area contributed by atoms with Gasteiger partial charge in [-0.25, -0.2) is 13.2 Å². The third kappa shape index (κ3) is 3.43. The first-order chi connectivity index (χ1) is 13.0. The number of hydrogen-bond donors (Lipinski definition) is 0. The summed E-state index contributed by atoms with van der Waals surface area (Å²) in [6, 6.07) is 7.88. The van der Waals surface area contributed by atoms with Crippen molar-refractivity contribution in [2.24, 2.45) is 0 Å². The van der Waals surface area contributed by atoms with Gasteiger partial charge in [0.05, 0.1) is 0 Å². The fourth-order valence-corrected chi connectivity index (χ4v) is 2.38. The summed E-state index contributed by atoms with van der Waals surface area (Å²) in [5, 5.41) is 11.5. The summed E-state index contributed by atoms with van der Waals surface area (Å²) in [6.45, 7) is 1.65. The normalized spacial score (nSPS) is 11.1. The Morgan fingerprint density at radius 1 is 0.852 bits per heavy atom. The number of aromatic nitrogens is 4. The largest absolute Gasteiger partial charge is 0.420 e. The third-order valence-electron chi connectivity index (χ3n) is 3.83. The maximum absolute atomic E-state index is 13.7. The number of hydrogen-bond acceptors (Lipinski definition) is 6. The summed E-state index contributed by atoms with van der Waals surface area (Å²) in [6.07, 6.45) is 0.0397. The Balaban J connectivity index is 1.53. The van der Waals surface area contributed by atoms with Crippen LogP contribution in [0.2, 0.25) is 0 Å². The van der Waals surface area contributed by atoms with Gasteiger partial charge in [-0.1, -0.05) is 11.2 Å². The Labute approximate surface area is 150 Å². The Bertz CT molecular complexity index is 1040. The van der Waals surface area contributed by atoms with E-state index in [4.69, 9.17) is 8.94 Å². The molecule has 0 unspecified atom stereocenters. The summed E-state index contributed by atoms with van der Waals surface area (Å²) < 4.78 is 50.6. The zero-order chi connectivity index (χ0) is 19.0. The molecule has 9 heteroatoms. The van der Waals surface area contributed by atoms with Crippen molar-refractivity contribution in [3.05, 3.63) is 71.2 Å². The minimum Gasteiger partial charge on any atom is -0.420 e. The average molecular weight is 372 g/mol. The maximum atomic E-state index is 13.7. The van der Waals surface area contributed by atoms with Crippen LogP contribution in [0.3, 0.4) is 0 Å². The van der Waals surface area contributed by atoms with E-state index in [-0.39, 0.29) is 41.3 Å². The van der Waals surface area contributed by atoms with Gasteiger partial charge in [-0.05, 0) is 42.8 Å². The number of benzene rings is 2. The van der Waals surface area contributed by atoms with Crippen LogP contribution in [0.25, 0.3) is 22.8 Å². The van der Waals surface area contributed by atoms with Crippen LogP contribution in [0.1, 0.15) is 17.3 Å². The van der Waals surface area contributed by atoms with Crippen molar-refractivity contribution in [2.45, 2.75) is 13.3 Å². The van der Waals surface area contributed by atoms with Gasteiger partial charge in [0.25, 0.3) is 0 Å². The van der Waals surface area contributed by atoms with Gasteiger partial charge in [0.2, 0.25) is 23.5 Å². The van der Waals surface area contributed by atoms with E-state index in [0.29, 0.717) is 11.1 Å². The summed E-state index contributed by atoms with van der Waals surface area (Å²) in [5.74, 6) is -1.75. The smallest absolute Gasteiger partial charge is 0.247 e. The van der Waals surface area contributed by atoms with E-state index in [2.05, 4.69) is 20.3 Å². The number of halogens is 3. The Morgan fingerprint density at radius 3 is 2.41 bits per heavy atom. The van der Waals surface area contributed by atoms with Crippen LogP contribution < -0.4 is 0 Å². The highest BCUT2D eigenvalue weighted by molar-refractivity contribution is 5.54. The molecule has 0 radical (unpaired) electrons. The topological polar surface area (TPSA) is 77.8 Å². The molecule has 0 fully saturated rings. The van der Waals surface area contributed by atoms with Gasteiger partial charge in [0.15, 0.2) is 11.6 Å². The van der Waals surface area contributed by atoms with E-state index in [1.807, 2.05) is 0 Å². The number of aryl methyl sites for hydroxylation is 1. The van der Waals surface area contributed by atoms with Crippen molar-refractivity contribution in [3.8, 4) is 22.8 Å². The van der Waals surface area contributed by atoms with Gasteiger partial charge in [0, 0.05) is 11.1 Å². The molecule has 0 amide bonds. The molecule has 4 rings (SSSR count). The van der Waals surface area contributed by atoms with Gasteiger partial charge in [-0.3, -0.25) is 0 Å². The van der Waals surface area contributed by atoms with Gasteiger partial charge >= 0.3 is 0 Å². The molecule has 27 heavy (non-hydrogen) atoms. The summed E-state index contributed by atoms with van der Waals surface area (Å²) >= 11 is 0. The molecule has 0 aliphatic rings. The molecule has 136 valence electrons. The lowest BCUT2D eigenvalue weighted by Crippen LogP contribution is -1.90. The molecule has 0 N–H and O–H groups in total. The van der Waals surface area contributed by atoms with Crippen LogP contribution in [0, 0.1) is 24.4 Å². The van der Waals surface area contributed by atoms with Crippen molar-refractivity contribution >= 4 is 0 Å². The van der Waals surface area contributed by atoms with E-state index in [1.165, 1.54) is 12.1 Å². The first kappa shape index (κ1) is 17.0. The predicted octanol–water partition coefficient (Wildman–Crippen LogP) is 4.10. The van der Waals surface area contributed by atoms with E-state index >= 15 is 0 Å². The SMILES string of the molecule is Cc1ccc(-c2nnc(Cc3nc(-c4ccc(F)c(F)c4)no3)o2)cc1F. The first-order valence-electron chi connectivity index (χ1n) is 7.86. The molecule has 0 saturated heterocycles. The minimum atomic E-state index is -1.01. The Hall–Kier alpha value is -3.49. The lowest BCUT2D eigenvalue weighted by Gasteiger charge is -1.98. The van der Waals surface area contributed by atoms with Crippen molar-refractivity contribution in [1.29, 1.82) is 0 Å². The highest BCUT2D eigenvalue weighted by Gasteiger charge is 2.16. The van der Waals surface area contributed by atoms with E-state index in [9.17, 15) is 13.2 Å².